The third kappa shape index (κ3) is 4.18. The van der Waals surface area contributed by atoms with Crippen molar-refractivity contribution in [3.8, 4) is 0 Å². The lowest BCUT2D eigenvalue weighted by atomic mass is 9.95. The zero-order valence-corrected chi connectivity index (χ0v) is 18.7. The molecule has 0 saturated heterocycles. The van der Waals surface area contributed by atoms with Crippen molar-refractivity contribution in [1.82, 2.24) is 4.90 Å². The lowest BCUT2D eigenvalue weighted by Gasteiger charge is -2.24. The monoisotopic (exact) mass is 487 g/mol. The first kappa shape index (κ1) is 21.1. The Morgan fingerprint density at radius 1 is 1.03 bits per heavy atom. The maximum absolute atomic E-state index is 12.7. The van der Waals surface area contributed by atoms with Crippen molar-refractivity contribution < 1.29 is 19.5 Å². The van der Waals surface area contributed by atoms with Crippen LogP contribution in [0.2, 0.25) is 0 Å². The molecule has 1 saturated carbocycles. The second-order valence-corrected chi connectivity index (χ2v) is 10.0. The number of aliphatic carboxylic acids is 1. The van der Waals surface area contributed by atoms with Crippen molar-refractivity contribution in [3.63, 3.8) is 0 Å². The Labute approximate surface area is 188 Å². The molecule has 7 heteroatoms. The summed E-state index contributed by atoms with van der Waals surface area (Å²) in [7, 11) is 0. The highest BCUT2D eigenvalue weighted by molar-refractivity contribution is 9.10. The number of halogens is 1. The highest BCUT2D eigenvalue weighted by atomic mass is 79.9. The van der Waals surface area contributed by atoms with Gasteiger partial charge in [-0.25, -0.2) is 0 Å². The summed E-state index contributed by atoms with van der Waals surface area (Å²) in [5, 5.41) is 9.87. The number of thioether (sulfide) groups is 1. The first-order valence-electron chi connectivity index (χ1n) is 10.00. The van der Waals surface area contributed by atoms with Crippen LogP contribution in [0.3, 0.4) is 0 Å². The molecule has 1 aliphatic heterocycles. The fraction of sp³-hybridized carbons (Fsp3) is 0.348. The SMILES string of the molecule is O=C(O)[C@@H]1[C@@H](CN2C(=O)c3ccccc3C2=O)CC[C@H]1SCCc1ccc(Br)cc1. The van der Waals surface area contributed by atoms with Gasteiger partial charge in [0.05, 0.1) is 17.0 Å². The van der Waals surface area contributed by atoms with Crippen LogP contribution in [0, 0.1) is 11.8 Å². The van der Waals surface area contributed by atoms with Crippen LogP contribution in [-0.4, -0.2) is 45.3 Å². The topological polar surface area (TPSA) is 74.7 Å². The van der Waals surface area contributed by atoms with E-state index in [1.165, 1.54) is 10.5 Å². The van der Waals surface area contributed by atoms with Gasteiger partial charge in [0.15, 0.2) is 0 Å². The van der Waals surface area contributed by atoms with Gasteiger partial charge in [-0.3, -0.25) is 19.3 Å². The number of amides is 2. The number of nitrogens with zero attached hydrogens (tertiary/aromatic N) is 1. The second kappa shape index (κ2) is 8.94. The van der Waals surface area contributed by atoms with Crippen molar-refractivity contribution in [3.05, 3.63) is 69.7 Å². The molecule has 0 bridgehead atoms. The highest BCUT2D eigenvalue weighted by Crippen LogP contribution is 2.41. The summed E-state index contributed by atoms with van der Waals surface area (Å²) < 4.78 is 1.04. The highest BCUT2D eigenvalue weighted by Gasteiger charge is 2.45. The quantitative estimate of drug-likeness (QED) is 0.581. The van der Waals surface area contributed by atoms with Gasteiger partial charge >= 0.3 is 5.97 Å². The van der Waals surface area contributed by atoms with Gasteiger partial charge in [0.25, 0.3) is 11.8 Å². The number of carboxylic acids is 1. The molecule has 2 aliphatic rings. The fourth-order valence-corrected chi connectivity index (χ4v) is 6.18. The smallest absolute Gasteiger partial charge is 0.307 e. The first-order valence-corrected chi connectivity index (χ1v) is 11.8. The molecule has 4 rings (SSSR count). The fourth-order valence-electron chi connectivity index (χ4n) is 4.41. The summed E-state index contributed by atoms with van der Waals surface area (Å²) in [6.07, 6.45) is 2.37. The van der Waals surface area contributed by atoms with E-state index in [1.807, 2.05) is 12.1 Å². The summed E-state index contributed by atoms with van der Waals surface area (Å²) in [5.74, 6) is -1.39. The minimum absolute atomic E-state index is 0.00173. The van der Waals surface area contributed by atoms with E-state index in [-0.39, 0.29) is 29.5 Å². The molecule has 0 aromatic heterocycles. The molecule has 2 aromatic carbocycles. The number of carbonyl (C=O) groups is 3. The van der Waals surface area contributed by atoms with E-state index < -0.39 is 11.9 Å². The van der Waals surface area contributed by atoms with Crippen LogP contribution in [0.15, 0.2) is 53.0 Å². The van der Waals surface area contributed by atoms with Crippen molar-refractivity contribution in [1.29, 1.82) is 0 Å². The average Bonchev–Trinajstić information content (AvgIpc) is 3.24. The van der Waals surface area contributed by atoms with Gasteiger partial charge in [0.1, 0.15) is 0 Å². The van der Waals surface area contributed by atoms with Gasteiger partial charge in [-0.05, 0) is 60.8 Å². The number of carbonyl (C=O) groups excluding carboxylic acids is 2. The normalized spacial score (nSPS) is 23.1. The molecular weight excluding hydrogens is 466 g/mol. The summed E-state index contributed by atoms with van der Waals surface area (Å²) >= 11 is 5.12. The molecule has 1 heterocycles. The van der Waals surface area contributed by atoms with E-state index in [1.54, 1.807) is 36.0 Å². The maximum atomic E-state index is 12.7. The van der Waals surface area contributed by atoms with Gasteiger partial charge in [0.2, 0.25) is 0 Å². The van der Waals surface area contributed by atoms with E-state index in [0.29, 0.717) is 17.5 Å². The molecular formula is C23H22BrNO4S. The van der Waals surface area contributed by atoms with Crippen LogP contribution in [-0.2, 0) is 11.2 Å². The zero-order chi connectivity index (χ0) is 21.3. The van der Waals surface area contributed by atoms with Gasteiger partial charge in [0, 0.05) is 16.3 Å². The molecule has 3 atom stereocenters. The third-order valence-electron chi connectivity index (χ3n) is 5.95. The molecule has 2 amide bonds. The Hall–Kier alpha value is -2.12. The summed E-state index contributed by atoms with van der Waals surface area (Å²) in [6, 6.07) is 14.9. The molecule has 1 aliphatic carbocycles. The molecule has 1 N–H and O–H groups in total. The van der Waals surface area contributed by atoms with E-state index in [9.17, 15) is 19.5 Å². The molecule has 156 valence electrons. The van der Waals surface area contributed by atoms with Crippen LogP contribution in [0.5, 0.6) is 0 Å². The largest absolute Gasteiger partial charge is 0.481 e. The number of hydrogen-bond acceptors (Lipinski definition) is 4. The Bertz CT molecular complexity index is 942. The van der Waals surface area contributed by atoms with Crippen LogP contribution < -0.4 is 0 Å². The lowest BCUT2D eigenvalue weighted by Crippen LogP contribution is -2.38. The molecule has 1 fully saturated rings. The van der Waals surface area contributed by atoms with E-state index in [4.69, 9.17) is 0 Å². The van der Waals surface area contributed by atoms with Crippen molar-refractivity contribution in [2.45, 2.75) is 24.5 Å². The van der Waals surface area contributed by atoms with Crippen molar-refractivity contribution in [2.24, 2.45) is 11.8 Å². The Kier molecular flexibility index (Phi) is 6.29. The van der Waals surface area contributed by atoms with Gasteiger partial charge < -0.3 is 5.11 Å². The molecule has 0 unspecified atom stereocenters. The maximum Gasteiger partial charge on any atom is 0.307 e. The number of imide groups is 1. The minimum Gasteiger partial charge on any atom is -0.481 e. The average molecular weight is 488 g/mol. The number of carboxylic acid groups (broad SMARTS) is 1. The van der Waals surface area contributed by atoms with E-state index in [0.717, 1.165) is 23.1 Å². The number of rotatable bonds is 7. The van der Waals surface area contributed by atoms with Crippen LogP contribution in [0.25, 0.3) is 0 Å². The lowest BCUT2D eigenvalue weighted by molar-refractivity contribution is -0.142. The van der Waals surface area contributed by atoms with Gasteiger partial charge in [-0.15, -0.1) is 0 Å². The summed E-state index contributed by atoms with van der Waals surface area (Å²) in [4.78, 5) is 38.6. The number of benzene rings is 2. The second-order valence-electron chi connectivity index (χ2n) is 7.75. The summed E-state index contributed by atoms with van der Waals surface area (Å²) in [5.41, 5.74) is 2.04. The first-order chi connectivity index (χ1) is 14.5. The van der Waals surface area contributed by atoms with Crippen LogP contribution in [0.1, 0.15) is 39.1 Å². The van der Waals surface area contributed by atoms with Crippen molar-refractivity contribution in [2.75, 3.05) is 12.3 Å². The van der Waals surface area contributed by atoms with Crippen molar-refractivity contribution >= 4 is 45.5 Å². The van der Waals surface area contributed by atoms with Gasteiger partial charge in [-0.2, -0.15) is 11.8 Å². The van der Waals surface area contributed by atoms with Gasteiger partial charge in [-0.1, -0.05) is 40.2 Å². The Balaban J connectivity index is 1.39. The van der Waals surface area contributed by atoms with Crippen LogP contribution >= 0.6 is 27.7 Å². The zero-order valence-electron chi connectivity index (χ0n) is 16.3. The number of fused-ring (bicyclic) bond motifs is 1. The summed E-state index contributed by atoms with van der Waals surface area (Å²) in [6.45, 7) is 0.174. The number of hydrogen-bond donors (Lipinski definition) is 1. The molecule has 0 radical (unpaired) electrons. The van der Waals surface area contributed by atoms with Crippen LogP contribution in [0.4, 0.5) is 0 Å². The predicted octanol–water partition coefficient (Wildman–Crippen LogP) is 4.50. The molecule has 2 aromatic rings. The Morgan fingerprint density at radius 2 is 1.67 bits per heavy atom. The molecule has 0 spiro atoms. The standard InChI is InChI=1S/C23H22BrNO4S/c24-16-8-5-14(6-9-16)11-12-30-19-10-7-15(20(19)23(28)29)13-25-21(26)17-3-1-2-4-18(17)22(25)27/h1-6,8-9,15,19-20H,7,10-13H2,(H,28,29)/t15-,19-,20-/m1/s1. The predicted molar refractivity (Wildman–Crippen MR) is 120 cm³/mol. The number of aryl methyl sites for hydroxylation is 1. The molecule has 30 heavy (non-hydrogen) atoms. The Morgan fingerprint density at radius 3 is 2.27 bits per heavy atom. The minimum atomic E-state index is -0.838. The van der Waals surface area contributed by atoms with E-state index >= 15 is 0 Å². The van der Waals surface area contributed by atoms with E-state index in [2.05, 4.69) is 28.1 Å². The third-order valence-corrected chi connectivity index (χ3v) is 7.87. The molecule has 5 nitrogen and oxygen atoms in total.